The Morgan fingerprint density at radius 2 is 1.71 bits per heavy atom. The van der Waals surface area contributed by atoms with Crippen LogP contribution in [0.3, 0.4) is 0 Å². The number of benzene rings is 2. The number of nitrogens with one attached hydrogen (secondary N) is 1. The molecule has 2 aromatic rings. The summed E-state index contributed by atoms with van der Waals surface area (Å²) in [7, 11) is 0. The predicted molar refractivity (Wildman–Crippen MR) is 89.0 cm³/mol. The number of ether oxygens (including phenoxy) is 1. The van der Waals surface area contributed by atoms with E-state index in [2.05, 4.69) is 36.5 Å². The van der Waals surface area contributed by atoms with E-state index >= 15 is 0 Å². The largest absolute Gasteiger partial charge is 0.494 e. The molecule has 0 aliphatic rings. The zero-order chi connectivity index (χ0) is 14.9. The van der Waals surface area contributed by atoms with Crippen molar-refractivity contribution < 1.29 is 4.74 Å². The van der Waals surface area contributed by atoms with Gasteiger partial charge in [-0.3, -0.25) is 0 Å². The van der Waals surface area contributed by atoms with Crippen molar-refractivity contribution in [3.63, 3.8) is 0 Å². The van der Waals surface area contributed by atoms with E-state index in [4.69, 9.17) is 16.3 Å². The summed E-state index contributed by atoms with van der Waals surface area (Å²) in [5.74, 6) is 0.880. The van der Waals surface area contributed by atoms with Crippen molar-refractivity contribution in [3.8, 4) is 5.75 Å². The van der Waals surface area contributed by atoms with Crippen molar-refractivity contribution in [1.82, 2.24) is 5.32 Å². The molecule has 0 unspecified atom stereocenters. The molecule has 0 radical (unpaired) electrons. The maximum absolute atomic E-state index is 5.83. The molecule has 0 amide bonds. The lowest BCUT2D eigenvalue weighted by atomic mass is 10.1. The van der Waals surface area contributed by atoms with Crippen molar-refractivity contribution in [2.24, 2.45) is 0 Å². The van der Waals surface area contributed by atoms with Gasteiger partial charge < -0.3 is 10.1 Å². The molecule has 2 aromatic carbocycles. The molecule has 3 heteroatoms. The molecule has 0 aliphatic carbocycles. The fourth-order valence-corrected chi connectivity index (χ4v) is 2.25. The van der Waals surface area contributed by atoms with Crippen molar-refractivity contribution in [2.45, 2.75) is 25.8 Å². The summed E-state index contributed by atoms with van der Waals surface area (Å²) in [5.41, 5.74) is 1.33. The Balaban J connectivity index is 1.57. The number of rotatable bonds is 8. The molecular weight excluding hydrogens is 282 g/mol. The second kappa shape index (κ2) is 8.71. The van der Waals surface area contributed by atoms with E-state index in [0.717, 1.165) is 36.8 Å². The van der Waals surface area contributed by atoms with Crippen LogP contribution in [-0.2, 0) is 0 Å². The average molecular weight is 304 g/mol. The molecule has 21 heavy (non-hydrogen) atoms. The summed E-state index contributed by atoms with van der Waals surface area (Å²) in [6.07, 6.45) is 2.14. The molecule has 112 valence electrons. The monoisotopic (exact) mass is 303 g/mol. The molecular formula is C18H22ClNO. The highest BCUT2D eigenvalue weighted by Crippen LogP contribution is 2.15. The van der Waals surface area contributed by atoms with Crippen LogP contribution in [0.5, 0.6) is 5.75 Å². The van der Waals surface area contributed by atoms with Gasteiger partial charge in [-0.2, -0.15) is 0 Å². The van der Waals surface area contributed by atoms with Crippen LogP contribution in [0.1, 0.15) is 31.4 Å². The highest BCUT2D eigenvalue weighted by Gasteiger charge is 2.02. The second-order valence-electron chi connectivity index (χ2n) is 5.10. The molecule has 0 bridgehead atoms. The second-order valence-corrected chi connectivity index (χ2v) is 5.53. The smallest absolute Gasteiger partial charge is 0.119 e. The summed E-state index contributed by atoms with van der Waals surface area (Å²) in [5, 5.41) is 4.27. The molecule has 1 N–H and O–H groups in total. The van der Waals surface area contributed by atoms with Crippen LogP contribution in [0, 0.1) is 0 Å². The SMILES string of the molecule is C[C@H](NCCCCOc1ccc(Cl)cc1)c1ccccc1. The van der Waals surface area contributed by atoms with Crippen molar-refractivity contribution in [3.05, 3.63) is 65.2 Å². The highest BCUT2D eigenvalue weighted by molar-refractivity contribution is 6.30. The maximum Gasteiger partial charge on any atom is 0.119 e. The van der Waals surface area contributed by atoms with Gasteiger partial charge in [-0.1, -0.05) is 41.9 Å². The van der Waals surface area contributed by atoms with Crippen molar-refractivity contribution in [2.75, 3.05) is 13.2 Å². The summed E-state index contributed by atoms with van der Waals surface area (Å²) in [6, 6.07) is 18.4. The van der Waals surface area contributed by atoms with E-state index in [-0.39, 0.29) is 0 Å². The fourth-order valence-electron chi connectivity index (χ4n) is 2.13. The van der Waals surface area contributed by atoms with Gasteiger partial charge in [0.05, 0.1) is 6.61 Å². The summed E-state index contributed by atoms with van der Waals surface area (Å²) in [4.78, 5) is 0. The van der Waals surface area contributed by atoms with E-state index in [9.17, 15) is 0 Å². The zero-order valence-corrected chi connectivity index (χ0v) is 13.1. The number of hydrogen-bond donors (Lipinski definition) is 1. The minimum Gasteiger partial charge on any atom is -0.494 e. The van der Waals surface area contributed by atoms with Crippen LogP contribution >= 0.6 is 11.6 Å². The van der Waals surface area contributed by atoms with Crippen LogP contribution in [0.2, 0.25) is 5.02 Å². The summed E-state index contributed by atoms with van der Waals surface area (Å²) >= 11 is 5.83. The first-order chi connectivity index (χ1) is 10.3. The van der Waals surface area contributed by atoms with Gasteiger partial charge >= 0.3 is 0 Å². The van der Waals surface area contributed by atoms with E-state index in [1.807, 2.05) is 30.3 Å². The molecule has 2 rings (SSSR count). The first-order valence-electron chi connectivity index (χ1n) is 7.42. The lowest BCUT2D eigenvalue weighted by Gasteiger charge is -2.14. The average Bonchev–Trinajstić information content (AvgIpc) is 2.53. The first-order valence-corrected chi connectivity index (χ1v) is 7.80. The third-order valence-corrected chi connectivity index (χ3v) is 3.66. The van der Waals surface area contributed by atoms with Gasteiger partial charge in [0, 0.05) is 11.1 Å². The summed E-state index contributed by atoms with van der Waals surface area (Å²) < 4.78 is 5.67. The molecule has 0 aliphatic heterocycles. The van der Waals surface area contributed by atoms with E-state index in [1.54, 1.807) is 0 Å². The van der Waals surface area contributed by atoms with Gasteiger partial charge in [0.15, 0.2) is 0 Å². The predicted octanol–water partition coefficient (Wildman–Crippen LogP) is 4.85. The number of hydrogen-bond acceptors (Lipinski definition) is 2. The molecule has 0 aromatic heterocycles. The Morgan fingerprint density at radius 1 is 1.00 bits per heavy atom. The Labute approximate surface area is 132 Å². The topological polar surface area (TPSA) is 21.3 Å². The molecule has 2 nitrogen and oxygen atoms in total. The first kappa shape index (κ1) is 15.9. The highest BCUT2D eigenvalue weighted by atomic mass is 35.5. The van der Waals surface area contributed by atoms with E-state index in [0.29, 0.717) is 6.04 Å². The van der Waals surface area contributed by atoms with Gasteiger partial charge in [0.1, 0.15) is 5.75 Å². The Bertz CT molecular complexity index is 513. The molecule has 0 fully saturated rings. The summed E-state index contributed by atoms with van der Waals surface area (Å²) in [6.45, 7) is 3.93. The third kappa shape index (κ3) is 5.78. The van der Waals surface area contributed by atoms with Crippen LogP contribution in [0.4, 0.5) is 0 Å². The van der Waals surface area contributed by atoms with Crippen LogP contribution < -0.4 is 10.1 Å². The molecule has 0 heterocycles. The van der Waals surface area contributed by atoms with Gasteiger partial charge in [0.25, 0.3) is 0 Å². The number of unbranched alkanes of at least 4 members (excludes halogenated alkanes) is 1. The Kier molecular flexibility index (Phi) is 6.58. The van der Waals surface area contributed by atoms with Crippen LogP contribution in [0.25, 0.3) is 0 Å². The normalized spacial score (nSPS) is 12.1. The fraction of sp³-hybridized carbons (Fsp3) is 0.333. The molecule has 0 spiro atoms. The quantitative estimate of drug-likeness (QED) is 0.704. The van der Waals surface area contributed by atoms with E-state index < -0.39 is 0 Å². The molecule has 1 atom stereocenters. The van der Waals surface area contributed by atoms with Gasteiger partial charge in [-0.05, 0) is 56.1 Å². The Hall–Kier alpha value is -1.51. The maximum atomic E-state index is 5.83. The Morgan fingerprint density at radius 3 is 2.43 bits per heavy atom. The molecule has 0 saturated heterocycles. The minimum absolute atomic E-state index is 0.392. The standard InChI is InChI=1S/C18H22ClNO/c1-15(16-7-3-2-4-8-16)20-13-5-6-14-21-18-11-9-17(19)10-12-18/h2-4,7-12,15,20H,5-6,13-14H2,1H3/t15-/m0/s1. The number of halogens is 1. The van der Waals surface area contributed by atoms with Crippen LogP contribution in [-0.4, -0.2) is 13.2 Å². The van der Waals surface area contributed by atoms with Gasteiger partial charge in [0.2, 0.25) is 0 Å². The van der Waals surface area contributed by atoms with E-state index in [1.165, 1.54) is 5.56 Å². The third-order valence-electron chi connectivity index (χ3n) is 3.40. The van der Waals surface area contributed by atoms with Crippen molar-refractivity contribution in [1.29, 1.82) is 0 Å². The molecule has 0 saturated carbocycles. The van der Waals surface area contributed by atoms with Gasteiger partial charge in [-0.25, -0.2) is 0 Å². The van der Waals surface area contributed by atoms with Gasteiger partial charge in [-0.15, -0.1) is 0 Å². The lowest BCUT2D eigenvalue weighted by Crippen LogP contribution is -2.20. The lowest BCUT2D eigenvalue weighted by molar-refractivity contribution is 0.305. The van der Waals surface area contributed by atoms with Crippen LogP contribution in [0.15, 0.2) is 54.6 Å². The van der Waals surface area contributed by atoms with Crippen molar-refractivity contribution >= 4 is 11.6 Å². The zero-order valence-electron chi connectivity index (χ0n) is 12.4. The minimum atomic E-state index is 0.392.